The van der Waals surface area contributed by atoms with Crippen LogP contribution in [0.5, 0.6) is 0 Å². The molecule has 2 atom stereocenters. The Balaban J connectivity index is 2.54. The van der Waals surface area contributed by atoms with Gasteiger partial charge in [-0.15, -0.1) is 0 Å². The van der Waals surface area contributed by atoms with E-state index in [9.17, 15) is 4.79 Å². The topological polar surface area (TPSA) is 55.1 Å². The first-order valence-corrected chi connectivity index (χ1v) is 7.00. The van der Waals surface area contributed by atoms with Crippen molar-refractivity contribution in [2.45, 2.75) is 46.6 Å². The number of amides is 1. The Morgan fingerprint density at radius 2 is 2.00 bits per heavy atom. The predicted octanol–water partition coefficient (Wildman–Crippen LogP) is 2.86. The SMILES string of the molecule is Cc1ccc(C(C)NC(=O)CCC(C)CN)c(C)c1. The van der Waals surface area contributed by atoms with E-state index >= 15 is 0 Å². The van der Waals surface area contributed by atoms with Crippen LogP contribution in [0.15, 0.2) is 18.2 Å². The van der Waals surface area contributed by atoms with Gasteiger partial charge in [0.2, 0.25) is 5.91 Å². The highest BCUT2D eigenvalue weighted by atomic mass is 16.1. The molecule has 19 heavy (non-hydrogen) atoms. The van der Waals surface area contributed by atoms with E-state index < -0.39 is 0 Å². The van der Waals surface area contributed by atoms with Crippen molar-refractivity contribution < 1.29 is 4.79 Å². The molecule has 0 aliphatic carbocycles. The standard InChI is InChI=1S/C16H26N2O/c1-11-5-7-15(13(3)9-11)14(4)18-16(19)8-6-12(2)10-17/h5,7,9,12,14H,6,8,10,17H2,1-4H3,(H,18,19). The third-order valence-corrected chi connectivity index (χ3v) is 3.54. The van der Waals surface area contributed by atoms with Crippen LogP contribution >= 0.6 is 0 Å². The lowest BCUT2D eigenvalue weighted by atomic mass is 10.00. The first-order valence-electron chi connectivity index (χ1n) is 7.00. The summed E-state index contributed by atoms with van der Waals surface area (Å²) in [6, 6.07) is 6.38. The van der Waals surface area contributed by atoms with Gasteiger partial charge in [0.25, 0.3) is 0 Å². The number of hydrogen-bond acceptors (Lipinski definition) is 2. The molecule has 2 unspecified atom stereocenters. The summed E-state index contributed by atoms with van der Waals surface area (Å²) in [7, 11) is 0. The average Bonchev–Trinajstić information content (AvgIpc) is 2.35. The summed E-state index contributed by atoms with van der Waals surface area (Å²) in [4.78, 5) is 11.9. The van der Waals surface area contributed by atoms with Crippen LogP contribution in [0.2, 0.25) is 0 Å². The van der Waals surface area contributed by atoms with Crippen molar-refractivity contribution in [3.8, 4) is 0 Å². The Morgan fingerprint density at radius 3 is 2.58 bits per heavy atom. The van der Waals surface area contributed by atoms with Crippen LogP contribution in [0, 0.1) is 19.8 Å². The highest BCUT2D eigenvalue weighted by molar-refractivity contribution is 5.76. The summed E-state index contributed by atoms with van der Waals surface area (Å²) in [5, 5.41) is 3.06. The highest BCUT2D eigenvalue weighted by Crippen LogP contribution is 2.18. The van der Waals surface area contributed by atoms with Crippen molar-refractivity contribution in [3.05, 3.63) is 34.9 Å². The predicted molar refractivity (Wildman–Crippen MR) is 79.9 cm³/mol. The van der Waals surface area contributed by atoms with Crippen molar-refractivity contribution in [1.82, 2.24) is 5.32 Å². The van der Waals surface area contributed by atoms with Gasteiger partial charge < -0.3 is 11.1 Å². The van der Waals surface area contributed by atoms with Gasteiger partial charge in [0.1, 0.15) is 0 Å². The molecule has 0 aromatic heterocycles. The Labute approximate surface area is 116 Å². The molecule has 3 N–H and O–H groups in total. The van der Waals surface area contributed by atoms with E-state index in [1.807, 2.05) is 6.92 Å². The zero-order valence-electron chi connectivity index (χ0n) is 12.5. The van der Waals surface area contributed by atoms with E-state index in [2.05, 4.69) is 44.3 Å². The maximum atomic E-state index is 11.9. The highest BCUT2D eigenvalue weighted by Gasteiger charge is 2.12. The second kappa shape index (κ2) is 7.29. The smallest absolute Gasteiger partial charge is 0.220 e. The molecule has 3 nitrogen and oxygen atoms in total. The Bertz CT molecular complexity index is 429. The molecule has 106 valence electrons. The van der Waals surface area contributed by atoms with Crippen molar-refractivity contribution in [2.24, 2.45) is 11.7 Å². The Morgan fingerprint density at radius 1 is 1.32 bits per heavy atom. The van der Waals surface area contributed by atoms with E-state index in [1.54, 1.807) is 0 Å². The molecule has 0 saturated heterocycles. The van der Waals surface area contributed by atoms with Gasteiger partial charge >= 0.3 is 0 Å². The molecule has 0 aliphatic heterocycles. The van der Waals surface area contributed by atoms with Gasteiger partial charge in [0.05, 0.1) is 6.04 Å². The molecule has 0 fully saturated rings. The summed E-state index contributed by atoms with van der Waals surface area (Å²) in [5.41, 5.74) is 9.21. The van der Waals surface area contributed by atoms with Crippen molar-refractivity contribution in [2.75, 3.05) is 6.54 Å². The van der Waals surface area contributed by atoms with Crippen LogP contribution in [0.3, 0.4) is 0 Å². The van der Waals surface area contributed by atoms with Gasteiger partial charge in [-0.2, -0.15) is 0 Å². The lowest BCUT2D eigenvalue weighted by Crippen LogP contribution is -2.27. The zero-order chi connectivity index (χ0) is 14.4. The van der Waals surface area contributed by atoms with E-state index in [-0.39, 0.29) is 11.9 Å². The van der Waals surface area contributed by atoms with Crippen molar-refractivity contribution in [3.63, 3.8) is 0 Å². The largest absolute Gasteiger partial charge is 0.350 e. The van der Waals surface area contributed by atoms with Crippen molar-refractivity contribution >= 4 is 5.91 Å². The zero-order valence-corrected chi connectivity index (χ0v) is 12.5. The first kappa shape index (κ1) is 15.7. The number of nitrogens with one attached hydrogen (secondary N) is 1. The average molecular weight is 262 g/mol. The fourth-order valence-electron chi connectivity index (χ4n) is 2.20. The lowest BCUT2D eigenvalue weighted by molar-refractivity contribution is -0.122. The van der Waals surface area contributed by atoms with Gasteiger partial charge in [-0.25, -0.2) is 0 Å². The van der Waals surface area contributed by atoms with Crippen LogP contribution < -0.4 is 11.1 Å². The maximum Gasteiger partial charge on any atom is 0.220 e. The normalized spacial score (nSPS) is 13.9. The molecular formula is C16H26N2O. The van der Waals surface area contributed by atoms with Crippen LogP contribution in [0.4, 0.5) is 0 Å². The molecule has 0 radical (unpaired) electrons. The summed E-state index contributed by atoms with van der Waals surface area (Å²) < 4.78 is 0. The molecule has 1 rings (SSSR count). The molecule has 0 bridgehead atoms. The molecule has 1 amide bonds. The van der Waals surface area contributed by atoms with Gasteiger partial charge in [0.15, 0.2) is 0 Å². The number of carbonyl (C=O) groups is 1. The van der Waals surface area contributed by atoms with E-state index in [0.29, 0.717) is 18.9 Å². The number of carbonyl (C=O) groups excluding carboxylic acids is 1. The monoisotopic (exact) mass is 262 g/mol. The minimum Gasteiger partial charge on any atom is -0.350 e. The summed E-state index contributed by atoms with van der Waals surface area (Å²) in [5.74, 6) is 0.509. The minimum absolute atomic E-state index is 0.0567. The molecule has 0 spiro atoms. The molecular weight excluding hydrogens is 236 g/mol. The van der Waals surface area contributed by atoms with E-state index in [1.165, 1.54) is 16.7 Å². The first-order chi connectivity index (χ1) is 8.93. The number of hydrogen-bond donors (Lipinski definition) is 2. The fourth-order valence-corrected chi connectivity index (χ4v) is 2.20. The third kappa shape index (κ3) is 5.03. The van der Waals surface area contributed by atoms with Crippen LogP contribution in [-0.2, 0) is 4.79 Å². The van der Waals surface area contributed by atoms with Gasteiger partial charge in [-0.05, 0) is 50.8 Å². The van der Waals surface area contributed by atoms with E-state index in [0.717, 1.165) is 6.42 Å². The molecule has 0 aliphatic rings. The third-order valence-electron chi connectivity index (χ3n) is 3.54. The van der Waals surface area contributed by atoms with Crippen LogP contribution in [0.25, 0.3) is 0 Å². The van der Waals surface area contributed by atoms with Gasteiger partial charge in [-0.1, -0.05) is 30.7 Å². The van der Waals surface area contributed by atoms with Gasteiger partial charge in [0, 0.05) is 6.42 Å². The molecule has 0 saturated carbocycles. The minimum atomic E-state index is 0.0567. The molecule has 1 aromatic rings. The summed E-state index contributed by atoms with van der Waals surface area (Å²) in [6.07, 6.45) is 1.40. The second-order valence-corrected chi connectivity index (χ2v) is 5.53. The Hall–Kier alpha value is -1.35. The van der Waals surface area contributed by atoms with Crippen molar-refractivity contribution in [1.29, 1.82) is 0 Å². The van der Waals surface area contributed by atoms with Crippen LogP contribution in [-0.4, -0.2) is 12.5 Å². The summed E-state index contributed by atoms with van der Waals surface area (Å²) in [6.45, 7) is 8.90. The Kier molecular flexibility index (Phi) is 6.03. The molecule has 3 heteroatoms. The molecule has 0 heterocycles. The second-order valence-electron chi connectivity index (χ2n) is 5.53. The number of aryl methyl sites for hydroxylation is 2. The lowest BCUT2D eigenvalue weighted by Gasteiger charge is -2.17. The summed E-state index contributed by atoms with van der Waals surface area (Å²) >= 11 is 0. The quantitative estimate of drug-likeness (QED) is 0.828. The maximum absolute atomic E-state index is 11.9. The van der Waals surface area contributed by atoms with Gasteiger partial charge in [-0.3, -0.25) is 4.79 Å². The van der Waals surface area contributed by atoms with E-state index in [4.69, 9.17) is 5.73 Å². The fraction of sp³-hybridized carbons (Fsp3) is 0.562. The number of rotatable bonds is 6. The van der Waals surface area contributed by atoms with Crippen LogP contribution in [0.1, 0.15) is 49.4 Å². The molecule has 1 aromatic carbocycles. The number of nitrogens with two attached hydrogens (primary N) is 1. The number of benzene rings is 1.